The average molecular weight is 337 g/mol. The SMILES string of the molecule is CC(=O)N1C[C@H]2CC(NCC(=O)n3cccc3C#N)C[C@H]2C1.Cl. The minimum atomic E-state index is -0.107. The molecular weight excluding hydrogens is 316 g/mol. The molecule has 1 amide bonds. The van der Waals surface area contributed by atoms with E-state index in [1.54, 1.807) is 25.3 Å². The van der Waals surface area contributed by atoms with Gasteiger partial charge in [0.1, 0.15) is 11.8 Å². The van der Waals surface area contributed by atoms with E-state index in [9.17, 15) is 9.59 Å². The predicted molar refractivity (Wildman–Crippen MR) is 87.3 cm³/mol. The van der Waals surface area contributed by atoms with Crippen molar-refractivity contribution in [3.05, 3.63) is 24.0 Å². The third-order valence-electron chi connectivity index (χ3n) is 4.87. The van der Waals surface area contributed by atoms with Gasteiger partial charge in [0.2, 0.25) is 11.8 Å². The van der Waals surface area contributed by atoms with Crippen LogP contribution in [-0.4, -0.2) is 47.0 Å². The van der Waals surface area contributed by atoms with Gasteiger partial charge in [0, 0.05) is 32.3 Å². The van der Waals surface area contributed by atoms with Crippen LogP contribution in [0.2, 0.25) is 0 Å². The molecule has 0 bridgehead atoms. The van der Waals surface area contributed by atoms with E-state index in [-0.39, 0.29) is 30.8 Å². The molecule has 7 heteroatoms. The number of halogens is 1. The predicted octanol–water partition coefficient (Wildman–Crippen LogP) is 1.27. The molecule has 3 rings (SSSR count). The van der Waals surface area contributed by atoms with Crippen LogP contribution in [-0.2, 0) is 4.79 Å². The molecule has 3 atom stereocenters. The van der Waals surface area contributed by atoms with Gasteiger partial charge in [-0.25, -0.2) is 0 Å². The van der Waals surface area contributed by atoms with Crippen molar-refractivity contribution in [2.24, 2.45) is 11.8 Å². The number of aromatic nitrogens is 1. The number of amides is 1. The van der Waals surface area contributed by atoms with Crippen molar-refractivity contribution in [2.45, 2.75) is 25.8 Å². The molecule has 0 aromatic carbocycles. The molecule has 1 aromatic heterocycles. The Bertz CT molecular complexity index is 622. The standard InChI is InChI=1S/C16H20N4O2.ClH/c1-11(21)19-9-12-5-14(6-13(12)10-19)18-8-16(22)20-4-2-3-15(20)7-17;/h2-4,12-14,18H,5-6,8-10H2,1H3;1H/t12-,13+,14?;. The maximum atomic E-state index is 12.1. The first-order valence-electron chi connectivity index (χ1n) is 7.68. The van der Waals surface area contributed by atoms with Crippen molar-refractivity contribution < 1.29 is 9.59 Å². The highest BCUT2D eigenvalue weighted by Gasteiger charge is 2.41. The van der Waals surface area contributed by atoms with Gasteiger partial charge in [-0.2, -0.15) is 5.26 Å². The average Bonchev–Trinajstić information content (AvgIpc) is 3.17. The lowest BCUT2D eigenvalue weighted by atomic mass is 10.0. The van der Waals surface area contributed by atoms with Crippen LogP contribution >= 0.6 is 12.4 Å². The number of fused-ring (bicyclic) bond motifs is 1. The summed E-state index contributed by atoms with van der Waals surface area (Å²) >= 11 is 0. The summed E-state index contributed by atoms with van der Waals surface area (Å²) in [6.45, 7) is 3.56. The molecule has 6 nitrogen and oxygen atoms in total. The number of nitrogens with one attached hydrogen (secondary N) is 1. The highest BCUT2D eigenvalue weighted by atomic mass is 35.5. The summed E-state index contributed by atoms with van der Waals surface area (Å²) in [5, 5.41) is 12.2. The second-order valence-corrected chi connectivity index (χ2v) is 6.26. The van der Waals surface area contributed by atoms with Crippen molar-refractivity contribution >= 4 is 24.2 Å². The molecule has 1 unspecified atom stereocenters. The topological polar surface area (TPSA) is 78.1 Å². The fourth-order valence-corrected chi connectivity index (χ4v) is 3.73. The Hall–Kier alpha value is -1.84. The van der Waals surface area contributed by atoms with Crippen LogP contribution in [0.15, 0.2) is 18.3 Å². The summed E-state index contributed by atoms with van der Waals surface area (Å²) < 4.78 is 1.39. The van der Waals surface area contributed by atoms with Crippen LogP contribution in [0, 0.1) is 23.2 Å². The Balaban J connectivity index is 0.00000192. The number of likely N-dealkylation sites (tertiary alicyclic amines) is 1. The third-order valence-corrected chi connectivity index (χ3v) is 4.87. The lowest BCUT2D eigenvalue weighted by molar-refractivity contribution is -0.128. The normalized spacial score (nSPS) is 25.6. The van der Waals surface area contributed by atoms with E-state index >= 15 is 0 Å². The summed E-state index contributed by atoms with van der Waals surface area (Å²) in [7, 11) is 0. The maximum absolute atomic E-state index is 12.1. The van der Waals surface area contributed by atoms with Gasteiger partial charge >= 0.3 is 0 Å². The van der Waals surface area contributed by atoms with Crippen molar-refractivity contribution in [3.63, 3.8) is 0 Å². The smallest absolute Gasteiger partial charge is 0.245 e. The Morgan fingerprint density at radius 3 is 2.57 bits per heavy atom. The zero-order valence-electron chi connectivity index (χ0n) is 13.1. The van der Waals surface area contributed by atoms with E-state index in [1.165, 1.54) is 4.57 Å². The largest absolute Gasteiger partial charge is 0.342 e. The second kappa shape index (κ2) is 7.16. The van der Waals surface area contributed by atoms with Gasteiger partial charge in [-0.3, -0.25) is 14.2 Å². The van der Waals surface area contributed by atoms with Gasteiger partial charge in [0.25, 0.3) is 0 Å². The molecule has 1 saturated carbocycles. The minimum Gasteiger partial charge on any atom is -0.342 e. The lowest BCUT2D eigenvalue weighted by Gasteiger charge is -2.18. The number of carbonyl (C=O) groups is 2. The zero-order valence-corrected chi connectivity index (χ0v) is 13.9. The maximum Gasteiger partial charge on any atom is 0.245 e. The fourth-order valence-electron chi connectivity index (χ4n) is 3.73. The van der Waals surface area contributed by atoms with Crippen molar-refractivity contribution in [3.8, 4) is 6.07 Å². The zero-order chi connectivity index (χ0) is 15.7. The number of rotatable bonds is 3. The van der Waals surface area contributed by atoms with Gasteiger partial charge in [-0.05, 0) is 36.8 Å². The number of hydrogen-bond acceptors (Lipinski definition) is 4. The van der Waals surface area contributed by atoms with Crippen molar-refractivity contribution in [2.75, 3.05) is 19.6 Å². The van der Waals surface area contributed by atoms with E-state index in [1.807, 2.05) is 11.0 Å². The molecule has 1 saturated heterocycles. The minimum absolute atomic E-state index is 0. The number of carbonyl (C=O) groups excluding carboxylic acids is 2. The van der Waals surface area contributed by atoms with E-state index in [0.717, 1.165) is 25.9 Å². The molecule has 1 aromatic rings. The van der Waals surface area contributed by atoms with Gasteiger partial charge in [-0.1, -0.05) is 0 Å². The Labute approximate surface area is 141 Å². The lowest BCUT2D eigenvalue weighted by Crippen LogP contribution is -2.36. The third kappa shape index (κ3) is 3.57. The summed E-state index contributed by atoms with van der Waals surface area (Å²) in [5.74, 6) is 1.16. The van der Waals surface area contributed by atoms with Crippen LogP contribution in [0.4, 0.5) is 0 Å². The van der Waals surface area contributed by atoms with Crippen LogP contribution in [0.1, 0.15) is 30.3 Å². The molecule has 2 heterocycles. The number of nitriles is 1. The Morgan fingerprint density at radius 1 is 1.35 bits per heavy atom. The van der Waals surface area contributed by atoms with Crippen LogP contribution in [0.3, 0.4) is 0 Å². The monoisotopic (exact) mass is 336 g/mol. The van der Waals surface area contributed by atoms with E-state index in [0.29, 0.717) is 23.6 Å². The molecular formula is C16H21ClN4O2. The molecule has 124 valence electrons. The summed E-state index contributed by atoms with van der Waals surface area (Å²) in [6, 6.07) is 5.67. The van der Waals surface area contributed by atoms with E-state index < -0.39 is 0 Å². The molecule has 1 aliphatic carbocycles. The quantitative estimate of drug-likeness (QED) is 0.901. The second-order valence-electron chi connectivity index (χ2n) is 6.26. The van der Waals surface area contributed by atoms with E-state index in [4.69, 9.17) is 5.26 Å². The fraction of sp³-hybridized carbons (Fsp3) is 0.562. The molecule has 0 spiro atoms. The highest BCUT2D eigenvalue weighted by Crippen LogP contribution is 2.37. The van der Waals surface area contributed by atoms with Crippen LogP contribution in [0.5, 0.6) is 0 Å². The first-order valence-corrected chi connectivity index (χ1v) is 7.68. The molecule has 1 aliphatic heterocycles. The Morgan fingerprint density at radius 2 is 2.00 bits per heavy atom. The van der Waals surface area contributed by atoms with Crippen molar-refractivity contribution in [1.29, 1.82) is 5.26 Å². The summed E-state index contributed by atoms with van der Waals surface area (Å²) in [6.07, 6.45) is 3.65. The molecule has 0 radical (unpaired) electrons. The molecule has 2 aliphatic rings. The highest BCUT2D eigenvalue weighted by molar-refractivity contribution is 5.85. The molecule has 1 N–H and O–H groups in total. The van der Waals surface area contributed by atoms with Gasteiger partial charge < -0.3 is 10.2 Å². The van der Waals surface area contributed by atoms with Gasteiger partial charge in [0.15, 0.2) is 0 Å². The van der Waals surface area contributed by atoms with Crippen molar-refractivity contribution in [1.82, 2.24) is 14.8 Å². The van der Waals surface area contributed by atoms with Gasteiger partial charge in [-0.15, -0.1) is 12.4 Å². The number of hydrogen-bond donors (Lipinski definition) is 1. The van der Waals surface area contributed by atoms with E-state index in [2.05, 4.69) is 5.32 Å². The Kier molecular flexibility index (Phi) is 5.45. The summed E-state index contributed by atoms with van der Waals surface area (Å²) in [4.78, 5) is 25.5. The molecule has 23 heavy (non-hydrogen) atoms. The first-order chi connectivity index (χ1) is 10.6. The van der Waals surface area contributed by atoms with Crippen LogP contribution < -0.4 is 5.32 Å². The molecule has 2 fully saturated rings. The summed E-state index contributed by atoms with van der Waals surface area (Å²) in [5.41, 5.74) is 0.368. The number of nitrogens with zero attached hydrogens (tertiary/aromatic N) is 3. The van der Waals surface area contributed by atoms with Crippen LogP contribution in [0.25, 0.3) is 0 Å². The van der Waals surface area contributed by atoms with Gasteiger partial charge in [0.05, 0.1) is 6.54 Å². The first kappa shape index (κ1) is 17.5.